The highest BCUT2D eigenvalue weighted by Gasteiger charge is 2.24. The van der Waals surface area contributed by atoms with Gasteiger partial charge in [0.1, 0.15) is 21.3 Å². The van der Waals surface area contributed by atoms with Gasteiger partial charge in [-0.25, -0.2) is 9.78 Å². The number of carbonyl (C=O) groups excluding carboxylic acids is 2. The molecule has 0 spiro atoms. The Hall–Kier alpha value is -3.01. The summed E-state index contributed by atoms with van der Waals surface area (Å²) in [6, 6.07) is 1.54. The number of nitrogens with zero attached hydrogens (tertiary/aromatic N) is 2. The van der Waals surface area contributed by atoms with Crippen LogP contribution in [0.1, 0.15) is 33.7 Å². The Balaban J connectivity index is 1.78. The molecule has 0 radical (unpaired) electrons. The summed E-state index contributed by atoms with van der Waals surface area (Å²) in [5.41, 5.74) is 0.163. The number of anilines is 1. The molecule has 2 N–H and O–H groups in total. The summed E-state index contributed by atoms with van der Waals surface area (Å²) in [4.78, 5) is 44.1. The molecular formula is C16H16N4O5S. The van der Waals surface area contributed by atoms with Crippen molar-refractivity contribution in [3.63, 3.8) is 0 Å². The van der Waals surface area contributed by atoms with Crippen LogP contribution in [0.2, 0.25) is 0 Å². The van der Waals surface area contributed by atoms with Crippen molar-refractivity contribution in [2.45, 2.75) is 33.8 Å². The van der Waals surface area contributed by atoms with Gasteiger partial charge in [0.2, 0.25) is 0 Å². The molecule has 0 saturated carbocycles. The maximum absolute atomic E-state index is 12.4. The minimum absolute atomic E-state index is 0.236. The van der Waals surface area contributed by atoms with Gasteiger partial charge in [0.15, 0.2) is 11.9 Å². The third-order valence-corrected chi connectivity index (χ3v) is 4.80. The summed E-state index contributed by atoms with van der Waals surface area (Å²) >= 11 is 1.06. The second-order valence-corrected chi connectivity index (χ2v) is 6.75. The van der Waals surface area contributed by atoms with Crippen molar-refractivity contribution >= 4 is 39.2 Å². The summed E-state index contributed by atoms with van der Waals surface area (Å²) in [6.07, 6.45) is -1.06. The summed E-state index contributed by atoms with van der Waals surface area (Å²) in [5.74, 6) is -0.00315. The maximum Gasteiger partial charge on any atom is 0.349 e. The van der Waals surface area contributed by atoms with E-state index in [9.17, 15) is 14.4 Å². The van der Waals surface area contributed by atoms with Gasteiger partial charge in [-0.05, 0) is 33.3 Å². The Bertz CT molecular complexity index is 1060. The molecule has 10 heteroatoms. The van der Waals surface area contributed by atoms with E-state index in [1.807, 2.05) is 0 Å². The first kappa shape index (κ1) is 17.8. The fourth-order valence-corrected chi connectivity index (χ4v) is 3.48. The van der Waals surface area contributed by atoms with Crippen LogP contribution in [0.3, 0.4) is 0 Å². The van der Waals surface area contributed by atoms with E-state index in [-0.39, 0.29) is 16.3 Å². The lowest BCUT2D eigenvalue weighted by molar-refractivity contribution is -0.123. The lowest BCUT2D eigenvalue weighted by Gasteiger charge is -2.11. The van der Waals surface area contributed by atoms with Crippen LogP contribution in [0.5, 0.6) is 0 Å². The van der Waals surface area contributed by atoms with Gasteiger partial charge in [-0.2, -0.15) is 0 Å². The molecule has 3 rings (SSSR count). The van der Waals surface area contributed by atoms with Gasteiger partial charge in [0.25, 0.3) is 11.5 Å². The lowest BCUT2D eigenvalue weighted by atomic mass is 10.2. The third-order valence-electron chi connectivity index (χ3n) is 3.64. The molecule has 0 unspecified atom stereocenters. The van der Waals surface area contributed by atoms with Crippen molar-refractivity contribution in [1.29, 1.82) is 0 Å². The topological polar surface area (TPSA) is 127 Å². The summed E-state index contributed by atoms with van der Waals surface area (Å²) in [6.45, 7) is 6.43. The van der Waals surface area contributed by atoms with Gasteiger partial charge in [-0.1, -0.05) is 5.16 Å². The molecule has 3 heterocycles. The van der Waals surface area contributed by atoms with Crippen molar-refractivity contribution in [1.82, 2.24) is 15.1 Å². The lowest BCUT2D eigenvalue weighted by Crippen LogP contribution is -2.30. The number of hydrogen-bond acceptors (Lipinski definition) is 8. The van der Waals surface area contributed by atoms with Gasteiger partial charge in [0, 0.05) is 6.07 Å². The average molecular weight is 376 g/mol. The quantitative estimate of drug-likeness (QED) is 0.667. The first-order chi connectivity index (χ1) is 12.3. The van der Waals surface area contributed by atoms with Gasteiger partial charge in [-0.15, -0.1) is 11.3 Å². The van der Waals surface area contributed by atoms with E-state index < -0.39 is 18.0 Å². The fourth-order valence-electron chi connectivity index (χ4n) is 2.37. The Morgan fingerprint density at radius 2 is 2.08 bits per heavy atom. The fraction of sp³-hybridized carbons (Fsp3) is 0.312. The molecule has 9 nitrogen and oxygen atoms in total. The predicted molar refractivity (Wildman–Crippen MR) is 94.5 cm³/mol. The highest BCUT2D eigenvalue weighted by molar-refractivity contribution is 7.20. The number of hydrogen-bond donors (Lipinski definition) is 2. The molecule has 0 bridgehead atoms. The van der Waals surface area contributed by atoms with Gasteiger partial charge in [0.05, 0.1) is 5.39 Å². The predicted octanol–water partition coefficient (Wildman–Crippen LogP) is 2.08. The van der Waals surface area contributed by atoms with Crippen LogP contribution in [0, 0.1) is 20.8 Å². The van der Waals surface area contributed by atoms with Crippen molar-refractivity contribution < 1.29 is 18.8 Å². The van der Waals surface area contributed by atoms with E-state index in [1.54, 1.807) is 26.8 Å². The first-order valence-corrected chi connectivity index (χ1v) is 8.53. The number of aryl methyl sites for hydroxylation is 3. The van der Waals surface area contributed by atoms with Crippen LogP contribution in [-0.2, 0) is 9.53 Å². The van der Waals surface area contributed by atoms with Gasteiger partial charge < -0.3 is 19.6 Å². The zero-order valence-electron chi connectivity index (χ0n) is 14.5. The molecule has 3 aromatic rings. The maximum atomic E-state index is 12.4. The molecule has 26 heavy (non-hydrogen) atoms. The number of H-pyrrole nitrogens is 1. The molecule has 1 amide bonds. The molecule has 0 fully saturated rings. The highest BCUT2D eigenvalue weighted by atomic mass is 32.1. The molecule has 0 aliphatic carbocycles. The van der Waals surface area contributed by atoms with Crippen LogP contribution in [0.15, 0.2) is 15.4 Å². The largest absolute Gasteiger partial charge is 0.448 e. The molecule has 0 aliphatic rings. The summed E-state index contributed by atoms with van der Waals surface area (Å²) in [7, 11) is 0. The molecule has 0 aliphatic heterocycles. The molecule has 0 aromatic carbocycles. The van der Waals surface area contributed by atoms with E-state index in [4.69, 9.17) is 9.26 Å². The number of fused-ring (bicyclic) bond motifs is 1. The summed E-state index contributed by atoms with van der Waals surface area (Å²) < 4.78 is 10.1. The van der Waals surface area contributed by atoms with E-state index >= 15 is 0 Å². The molecule has 1 atom stereocenters. The Morgan fingerprint density at radius 1 is 1.35 bits per heavy atom. The Morgan fingerprint density at radius 3 is 2.73 bits per heavy atom. The monoisotopic (exact) mass is 376 g/mol. The second-order valence-electron chi connectivity index (χ2n) is 5.75. The normalized spacial score (nSPS) is 12.2. The number of esters is 1. The highest BCUT2D eigenvalue weighted by Crippen LogP contribution is 2.27. The zero-order valence-corrected chi connectivity index (χ0v) is 15.3. The zero-order chi connectivity index (χ0) is 19.0. The van der Waals surface area contributed by atoms with Gasteiger partial charge >= 0.3 is 5.97 Å². The van der Waals surface area contributed by atoms with Crippen LogP contribution < -0.4 is 10.9 Å². The molecule has 136 valence electrons. The van der Waals surface area contributed by atoms with Crippen molar-refractivity contribution in [3.8, 4) is 0 Å². The number of ether oxygens (including phenoxy) is 1. The summed E-state index contributed by atoms with van der Waals surface area (Å²) in [5, 5.41) is 6.49. The SMILES string of the molecule is Cc1nc2sc(C(=O)O[C@H](C)C(=O)Nc3cc(C)on3)c(C)c2c(=O)[nH]1. The third kappa shape index (κ3) is 3.36. The minimum atomic E-state index is -1.06. The smallest absolute Gasteiger partial charge is 0.349 e. The second kappa shape index (κ2) is 6.71. The van der Waals surface area contributed by atoms with Crippen LogP contribution in [-0.4, -0.2) is 33.1 Å². The minimum Gasteiger partial charge on any atom is -0.448 e. The average Bonchev–Trinajstić information content (AvgIpc) is 3.10. The Kier molecular flexibility index (Phi) is 4.60. The number of thiophene rings is 1. The van der Waals surface area contributed by atoms with E-state index in [2.05, 4.69) is 20.4 Å². The van der Waals surface area contributed by atoms with Crippen molar-refractivity contribution in [2.24, 2.45) is 0 Å². The Labute approximate surface area is 151 Å². The number of aromatic nitrogens is 3. The van der Waals surface area contributed by atoms with E-state index in [0.29, 0.717) is 27.4 Å². The van der Waals surface area contributed by atoms with Crippen molar-refractivity contribution in [2.75, 3.05) is 5.32 Å². The van der Waals surface area contributed by atoms with E-state index in [0.717, 1.165) is 11.3 Å². The molecular weight excluding hydrogens is 360 g/mol. The van der Waals surface area contributed by atoms with Crippen LogP contribution >= 0.6 is 11.3 Å². The number of nitrogens with one attached hydrogen (secondary N) is 2. The first-order valence-electron chi connectivity index (χ1n) is 7.71. The van der Waals surface area contributed by atoms with Gasteiger partial charge in [-0.3, -0.25) is 9.59 Å². The number of carbonyl (C=O) groups is 2. The molecule has 3 aromatic heterocycles. The van der Waals surface area contributed by atoms with E-state index in [1.165, 1.54) is 6.92 Å². The number of aromatic amines is 1. The van der Waals surface area contributed by atoms with Crippen LogP contribution in [0.4, 0.5) is 5.82 Å². The number of amides is 1. The van der Waals surface area contributed by atoms with Crippen LogP contribution in [0.25, 0.3) is 10.2 Å². The standard InChI is InChI=1S/C16H16N4O5S/c1-6-5-10(20-25-6)19-13(21)8(3)24-16(23)12-7(2)11-14(22)17-9(4)18-15(11)26-12/h5,8H,1-4H3,(H,17,18,22)(H,19,20,21)/t8-/m1/s1. The van der Waals surface area contributed by atoms with Crippen molar-refractivity contribution in [3.05, 3.63) is 38.4 Å². The molecule has 0 saturated heterocycles. The number of rotatable bonds is 4.